The molecule has 1 aromatic carbocycles. The summed E-state index contributed by atoms with van der Waals surface area (Å²) in [4.78, 5) is 16.1. The van der Waals surface area contributed by atoms with E-state index < -0.39 is 0 Å². The van der Waals surface area contributed by atoms with Crippen LogP contribution in [0.25, 0.3) is 0 Å². The van der Waals surface area contributed by atoms with E-state index in [0.29, 0.717) is 23.1 Å². The molecule has 0 radical (unpaired) electrons. The lowest BCUT2D eigenvalue weighted by Crippen LogP contribution is -2.54. The van der Waals surface area contributed by atoms with Gasteiger partial charge < -0.3 is 9.64 Å². The van der Waals surface area contributed by atoms with E-state index in [2.05, 4.69) is 41.6 Å². The van der Waals surface area contributed by atoms with Gasteiger partial charge in [-0.2, -0.15) is 0 Å². The van der Waals surface area contributed by atoms with E-state index in [9.17, 15) is 9.18 Å². The maximum atomic E-state index is 13.7. The first-order valence-corrected chi connectivity index (χ1v) is 8.17. The number of ether oxygens (including phenoxy) is 1. The van der Waals surface area contributed by atoms with E-state index in [4.69, 9.17) is 4.74 Å². The summed E-state index contributed by atoms with van der Waals surface area (Å²) in [6, 6.07) is 4.71. The maximum Gasteiger partial charge on any atom is 0.410 e. The van der Waals surface area contributed by atoms with Crippen LogP contribution in [0.5, 0.6) is 0 Å². The van der Waals surface area contributed by atoms with E-state index >= 15 is 0 Å². The molecule has 0 bridgehead atoms. The number of halogens is 2. The van der Waals surface area contributed by atoms with Gasteiger partial charge in [-0.05, 0) is 32.9 Å². The fourth-order valence-corrected chi connectivity index (χ4v) is 2.76. The van der Waals surface area contributed by atoms with E-state index in [0.717, 1.165) is 13.1 Å². The summed E-state index contributed by atoms with van der Waals surface area (Å²) < 4.78 is 19.6. The zero-order chi connectivity index (χ0) is 16.3. The highest BCUT2D eigenvalue weighted by molar-refractivity contribution is 9.10. The third-order valence-electron chi connectivity index (χ3n) is 3.85. The Morgan fingerprint density at radius 1 is 1.27 bits per heavy atom. The maximum absolute atomic E-state index is 13.7. The molecule has 22 heavy (non-hydrogen) atoms. The number of hydrogen-bond donors (Lipinski definition) is 0. The van der Waals surface area contributed by atoms with Gasteiger partial charge in [0, 0.05) is 41.8 Å². The van der Waals surface area contributed by atoms with Crippen molar-refractivity contribution < 1.29 is 13.9 Å². The molecule has 1 saturated heterocycles. The van der Waals surface area contributed by atoms with Crippen LogP contribution in [-0.2, 0) is 11.3 Å². The molecule has 0 aliphatic carbocycles. The van der Waals surface area contributed by atoms with Crippen molar-refractivity contribution in [2.45, 2.75) is 32.9 Å². The molecule has 0 aromatic heterocycles. The number of carbonyl (C=O) groups is 1. The van der Waals surface area contributed by atoms with Crippen molar-refractivity contribution >= 4 is 22.0 Å². The molecule has 0 saturated carbocycles. The Kier molecular flexibility index (Phi) is 5.45. The average Bonchev–Trinajstić information content (AvgIpc) is 2.45. The molecule has 4 nitrogen and oxygen atoms in total. The van der Waals surface area contributed by atoms with Gasteiger partial charge in [0.2, 0.25) is 0 Å². The molecule has 1 aromatic rings. The summed E-state index contributed by atoms with van der Waals surface area (Å²) in [7, 11) is 0. The molecule has 2 rings (SSSR count). The van der Waals surface area contributed by atoms with Crippen molar-refractivity contribution in [3.8, 4) is 0 Å². The predicted molar refractivity (Wildman–Crippen MR) is 87.2 cm³/mol. The van der Waals surface area contributed by atoms with Gasteiger partial charge in [0.1, 0.15) is 12.4 Å². The van der Waals surface area contributed by atoms with Crippen molar-refractivity contribution in [3.63, 3.8) is 0 Å². The molecule has 6 heteroatoms. The first-order valence-electron chi connectivity index (χ1n) is 7.38. The quantitative estimate of drug-likeness (QED) is 0.794. The van der Waals surface area contributed by atoms with Crippen LogP contribution in [0, 0.1) is 5.82 Å². The van der Waals surface area contributed by atoms with E-state index in [1.54, 1.807) is 17.0 Å². The Morgan fingerprint density at radius 3 is 2.45 bits per heavy atom. The van der Waals surface area contributed by atoms with Gasteiger partial charge in [-0.3, -0.25) is 4.90 Å². The average molecular weight is 373 g/mol. The number of piperazine rings is 1. The van der Waals surface area contributed by atoms with E-state index in [-0.39, 0.29) is 24.1 Å². The number of carbonyl (C=O) groups excluding carboxylic acids is 1. The number of nitrogens with zero attached hydrogens (tertiary/aromatic N) is 2. The lowest BCUT2D eigenvalue weighted by Gasteiger charge is -2.41. The van der Waals surface area contributed by atoms with Gasteiger partial charge in [0.15, 0.2) is 0 Å². The van der Waals surface area contributed by atoms with Crippen molar-refractivity contribution in [2.75, 3.05) is 26.2 Å². The number of hydrogen-bond acceptors (Lipinski definition) is 3. The molecular formula is C16H22BrFN2O2. The summed E-state index contributed by atoms with van der Waals surface area (Å²) >= 11 is 3.20. The van der Waals surface area contributed by atoms with Crippen LogP contribution in [-0.4, -0.2) is 47.6 Å². The molecular weight excluding hydrogens is 351 g/mol. The third-order valence-corrected chi connectivity index (χ3v) is 4.35. The Morgan fingerprint density at radius 2 is 1.91 bits per heavy atom. The summed E-state index contributed by atoms with van der Waals surface area (Å²) in [6.07, 6.45) is -0.379. The fourth-order valence-electron chi connectivity index (χ4n) is 2.43. The van der Waals surface area contributed by atoms with Crippen LogP contribution in [0.2, 0.25) is 0 Å². The van der Waals surface area contributed by atoms with E-state index in [1.165, 1.54) is 6.07 Å². The molecule has 1 fully saturated rings. The Balaban J connectivity index is 1.84. The smallest absolute Gasteiger partial charge is 0.410 e. The van der Waals surface area contributed by atoms with Crippen molar-refractivity contribution in [2.24, 2.45) is 0 Å². The minimum atomic E-state index is -0.379. The Hall–Kier alpha value is -1.14. The first kappa shape index (κ1) is 17.2. The molecule has 0 spiro atoms. The Labute approximate surface area is 139 Å². The monoisotopic (exact) mass is 372 g/mol. The molecule has 0 atom stereocenters. The lowest BCUT2D eigenvalue weighted by atomic mass is 10.1. The second kappa shape index (κ2) is 6.96. The topological polar surface area (TPSA) is 32.8 Å². The molecule has 1 aliphatic heterocycles. The highest BCUT2D eigenvalue weighted by atomic mass is 79.9. The van der Waals surface area contributed by atoms with Crippen molar-refractivity contribution in [1.29, 1.82) is 0 Å². The summed E-state index contributed by atoms with van der Waals surface area (Å²) in [5.74, 6) is -0.375. The number of benzene rings is 1. The number of amides is 1. The van der Waals surface area contributed by atoms with Crippen LogP contribution in [0.15, 0.2) is 22.7 Å². The van der Waals surface area contributed by atoms with Crippen molar-refractivity contribution in [3.05, 3.63) is 34.1 Å². The predicted octanol–water partition coefficient (Wildman–Crippen LogP) is 3.64. The van der Waals surface area contributed by atoms with Crippen LogP contribution < -0.4 is 0 Å². The fraction of sp³-hybridized carbons (Fsp3) is 0.562. The van der Waals surface area contributed by atoms with Crippen LogP contribution in [0.4, 0.5) is 9.18 Å². The largest absolute Gasteiger partial charge is 0.444 e. The molecule has 1 amide bonds. The molecule has 0 unspecified atom stereocenters. The van der Waals surface area contributed by atoms with Crippen LogP contribution >= 0.6 is 15.9 Å². The first-order chi connectivity index (χ1) is 10.3. The van der Waals surface area contributed by atoms with Gasteiger partial charge in [0.05, 0.1) is 0 Å². The number of rotatable bonds is 2. The van der Waals surface area contributed by atoms with E-state index in [1.807, 2.05) is 0 Å². The van der Waals surface area contributed by atoms with Gasteiger partial charge in [-0.1, -0.05) is 22.0 Å². The minimum Gasteiger partial charge on any atom is -0.444 e. The standard InChI is InChI=1S/C16H22BrFN2O2/c1-16(2,3)20-8-6-19(7-9-20)15(21)22-11-12-4-5-13(17)10-14(12)18/h4-5,10H,6-9,11H2,1-3H3. The third kappa shape index (κ3) is 4.43. The van der Waals surface area contributed by atoms with Gasteiger partial charge in [-0.15, -0.1) is 0 Å². The zero-order valence-electron chi connectivity index (χ0n) is 13.2. The SMILES string of the molecule is CC(C)(C)N1CCN(C(=O)OCc2ccc(Br)cc2F)CC1. The van der Waals surface area contributed by atoms with Gasteiger partial charge >= 0.3 is 6.09 Å². The summed E-state index contributed by atoms with van der Waals surface area (Å²) in [5.41, 5.74) is 0.487. The highest BCUT2D eigenvalue weighted by Gasteiger charge is 2.28. The molecule has 1 heterocycles. The molecule has 0 N–H and O–H groups in total. The molecule has 1 aliphatic rings. The second-order valence-corrected chi connectivity index (χ2v) is 7.35. The van der Waals surface area contributed by atoms with Crippen LogP contribution in [0.1, 0.15) is 26.3 Å². The van der Waals surface area contributed by atoms with Gasteiger partial charge in [-0.25, -0.2) is 9.18 Å². The summed E-state index contributed by atoms with van der Waals surface area (Å²) in [5, 5.41) is 0. The van der Waals surface area contributed by atoms with Crippen molar-refractivity contribution in [1.82, 2.24) is 9.80 Å². The van der Waals surface area contributed by atoms with Gasteiger partial charge in [0.25, 0.3) is 0 Å². The Bertz CT molecular complexity index is 537. The van der Waals surface area contributed by atoms with Crippen LogP contribution in [0.3, 0.4) is 0 Å². The summed E-state index contributed by atoms with van der Waals surface area (Å²) in [6.45, 7) is 9.37. The minimum absolute atomic E-state index is 0.0442. The molecule has 122 valence electrons. The second-order valence-electron chi connectivity index (χ2n) is 6.44. The highest BCUT2D eigenvalue weighted by Crippen LogP contribution is 2.18. The normalized spacial score (nSPS) is 16.7. The zero-order valence-corrected chi connectivity index (χ0v) is 14.8. The lowest BCUT2D eigenvalue weighted by molar-refractivity contribution is 0.0428.